The largest absolute Gasteiger partial charge is 0.351 e. The third kappa shape index (κ3) is 6.99. The van der Waals surface area contributed by atoms with E-state index in [-0.39, 0.29) is 17.7 Å². The highest BCUT2D eigenvalue weighted by molar-refractivity contribution is 7.09. The Balaban J connectivity index is 1.82. The van der Waals surface area contributed by atoms with E-state index in [4.69, 9.17) is 0 Å². The number of amides is 2. The molecule has 0 saturated heterocycles. The molecular weight excluding hydrogens is 430 g/mol. The summed E-state index contributed by atoms with van der Waals surface area (Å²) in [4.78, 5) is 32.7. The summed E-state index contributed by atoms with van der Waals surface area (Å²) in [5, 5.41) is 5.47. The highest BCUT2D eigenvalue weighted by Crippen LogP contribution is 2.28. The number of thiazole rings is 1. The topological polar surface area (TPSA) is 62.3 Å². The number of hydrogen-bond acceptors (Lipinski definition) is 4. The number of aromatic nitrogens is 1. The van der Waals surface area contributed by atoms with Crippen molar-refractivity contribution in [3.8, 4) is 0 Å². The first-order valence-corrected chi connectivity index (χ1v) is 12.6. The third-order valence-corrected chi connectivity index (χ3v) is 6.37. The minimum absolute atomic E-state index is 0.0602. The van der Waals surface area contributed by atoms with E-state index in [1.807, 2.05) is 65.6 Å². The molecule has 0 atom stereocenters. The first-order chi connectivity index (χ1) is 16.1. The standard InChI is InChI=1S/C27H33N3O2S/c1-3-5-17-28-26(31)23-20-33-24(29-23)19-30(18-6-4-2)27(32)25(21-13-9-7-10-14-21)22-15-11-8-12-16-22/h7-16,20,25H,3-6,17-19H2,1-2H3,(H,28,31). The highest BCUT2D eigenvalue weighted by Gasteiger charge is 2.28. The van der Waals surface area contributed by atoms with Gasteiger partial charge in [-0.15, -0.1) is 11.3 Å². The molecule has 0 saturated carbocycles. The van der Waals surface area contributed by atoms with Gasteiger partial charge < -0.3 is 10.2 Å². The molecule has 0 aliphatic heterocycles. The lowest BCUT2D eigenvalue weighted by Crippen LogP contribution is -2.36. The molecule has 3 aromatic rings. The minimum atomic E-state index is -0.374. The van der Waals surface area contributed by atoms with E-state index in [1.165, 1.54) is 11.3 Å². The summed E-state index contributed by atoms with van der Waals surface area (Å²) in [7, 11) is 0. The van der Waals surface area contributed by atoms with E-state index in [0.717, 1.165) is 41.8 Å². The quantitative estimate of drug-likeness (QED) is 0.354. The number of benzene rings is 2. The first-order valence-electron chi connectivity index (χ1n) is 11.7. The van der Waals surface area contributed by atoms with Crippen LogP contribution < -0.4 is 5.32 Å². The third-order valence-electron chi connectivity index (χ3n) is 5.53. The number of rotatable bonds is 12. The molecular formula is C27H33N3O2S. The van der Waals surface area contributed by atoms with Crippen LogP contribution in [0.1, 0.15) is 72.1 Å². The van der Waals surface area contributed by atoms with Gasteiger partial charge in [-0.3, -0.25) is 9.59 Å². The number of nitrogens with one attached hydrogen (secondary N) is 1. The molecule has 1 aromatic heterocycles. The second-order valence-electron chi connectivity index (χ2n) is 8.10. The molecule has 5 nitrogen and oxygen atoms in total. The molecule has 0 aliphatic rings. The van der Waals surface area contributed by atoms with E-state index in [1.54, 1.807) is 5.38 Å². The van der Waals surface area contributed by atoms with Crippen LogP contribution in [0.5, 0.6) is 0 Å². The monoisotopic (exact) mass is 463 g/mol. The average molecular weight is 464 g/mol. The van der Waals surface area contributed by atoms with Crippen LogP contribution in [-0.4, -0.2) is 34.8 Å². The van der Waals surface area contributed by atoms with Crippen molar-refractivity contribution in [1.29, 1.82) is 0 Å². The Bertz CT molecular complexity index is 965. The summed E-state index contributed by atoms with van der Waals surface area (Å²) >= 11 is 1.43. The summed E-state index contributed by atoms with van der Waals surface area (Å²) in [6.07, 6.45) is 3.88. The van der Waals surface area contributed by atoms with E-state index in [2.05, 4.69) is 24.1 Å². The molecule has 0 aliphatic carbocycles. The smallest absolute Gasteiger partial charge is 0.270 e. The fraction of sp³-hybridized carbons (Fsp3) is 0.370. The molecule has 2 aromatic carbocycles. The Hall–Kier alpha value is -2.99. The van der Waals surface area contributed by atoms with E-state index in [0.29, 0.717) is 25.3 Å². The van der Waals surface area contributed by atoms with Gasteiger partial charge in [0.15, 0.2) is 0 Å². The van der Waals surface area contributed by atoms with Gasteiger partial charge >= 0.3 is 0 Å². The van der Waals surface area contributed by atoms with E-state index < -0.39 is 0 Å². The number of nitrogens with zero attached hydrogens (tertiary/aromatic N) is 2. The van der Waals surface area contributed by atoms with E-state index >= 15 is 0 Å². The van der Waals surface area contributed by atoms with Crippen LogP contribution >= 0.6 is 11.3 Å². The van der Waals surface area contributed by atoms with Crippen molar-refractivity contribution in [3.63, 3.8) is 0 Å². The molecule has 1 heterocycles. The van der Waals surface area contributed by atoms with Crippen molar-refractivity contribution in [2.45, 2.75) is 52.0 Å². The van der Waals surface area contributed by atoms with Crippen molar-refractivity contribution >= 4 is 23.2 Å². The summed E-state index contributed by atoms with van der Waals surface area (Å²) in [6, 6.07) is 19.9. The van der Waals surface area contributed by atoms with Crippen LogP contribution in [0, 0.1) is 0 Å². The van der Waals surface area contributed by atoms with Crippen molar-refractivity contribution in [2.24, 2.45) is 0 Å². The highest BCUT2D eigenvalue weighted by atomic mass is 32.1. The molecule has 0 radical (unpaired) electrons. The van der Waals surface area contributed by atoms with Gasteiger partial charge in [0.2, 0.25) is 5.91 Å². The molecule has 2 amide bonds. The van der Waals surface area contributed by atoms with Gasteiger partial charge in [0.1, 0.15) is 10.7 Å². The summed E-state index contributed by atoms with van der Waals surface area (Å²) in [5.74, 6) is -0.463. The maximum absolute atomic E-state index is 13.9. The number of unbranched alkanes of at least 4 members (excludes halogenated alkanes) is 2. The van der Waals surface area contributed by atoms with Crippen LogP contribution in [0.25, 0.3) is 0 Å². The van der Waals surface area contributed by atoms with E-state index in [9.17, 15) is 9.59 Å². The molecule has 0 unspecified atom stereocenters. The Kier molecular flexibility index (Phi) is 9.63. The van der Waals surface area contributed by atoms with Gasteiger partial charge in [-0.05, 0) is 24.0 Å². The molecule has 6 heteroatoms. The minimum Gasteiger partial charge on any atom is -0.351 e. The summed E-state index contributed by atoms with van der Waals surface area (Å²) < 4.78 is 0. The Morgan fingerprint density at radius 3 is 2.12 bits per heavy atom. The lowest BCUT2D eigenvalue weighted by atomic mass is 9.90. The maximum atomic E-state index is 13.9. The van der Waals surface area contributed by atoms with Crippen molar-refractivity contribution in [3.05, 3.63) is 87.9 Å². The number of carbonyl (C=O) groups excluding carboxylic acids is 2. The van der Waals surface area contributed by atoms with Gasteiger partial charge in [-0.25, -0.2) is 4.98 Å². The molecule has 0 fully saturated rings. The Labute approximate surface area is 200 Å². The van der Waals surface area contributed by atoms with Gasteiger partial charge in [-0.2, -0.15) is 0 Å². The summed E-state index contributed by atoms with van der Waals surface area (Å²) in [5.41, 5.74) is 2.38. The zero-order valence-electron chi connectivity index (χ0n) is 19.5. The molecule has 0 spiro atoms. The van der Waals surface area contributed by atoms with Crippen molar-refractivity contribution < 1.29 is 9.59 Å². The molecule has 0 bridgehead atoms. The maximum Gasteiger partial charge on any atom is 0.270 e. The fourth-order valence-corrected chi connectivity index (χ4v) is 4.48. The van der Waals surface area contributed by atoms with Gasteiger partial charge in [-0.1, -0.05) is 87.4 Å². The zero-order valence-corrected chi connectivity index (χ0v) is 20.3. The second kappa shape index (κ2) is 12.9. The van der Waals surface area contributed by atoms with Crippen LogP contribution in [-0.2, 0) is 11.3 Å². The number of carbonyl (C=O) groups is 2. The summed E-state index contributed by atoms with van der Waals surface area (Å²) in [6.45, 7) is 5.92. The first kappa shape index (κ1) is 24.6. The van der Waals surface area contributed by atoms with Crippen LogP contribution in [0.2, 0.25) is 0 Å². The average Bonchev–Trinajstić information content (AvgIpc) is 3.32. The van der Waals surface area contributed by atoms with Crippen molar-refractivity contribution in [2.75, 3.05) is 13.1 Å². The predicted molar refractivity (Wildman–Crippen MR) is 134 cm³/mol. The molecule has 3 rings (SSSR count). The van der Waals surface area contributed by atoms with Crippen LogP contribution in [0.3, 0.4) is 0 Å². The fourth-order valence-electron chi connectivity index (χ4n) is 3.69. The molecule has 1 N–H and O–H groups in total. The Morgan fingerprint density at radius 1 is 0.939 bits per heavy atom. The molecule has 33 heavy (non-hydrogen) atoms. The lowest BCUT2D eigenvalue weighted by molar-refractivity contribution is -0.132. The second-order valence-corrected chi connectivity index (χ2v) is 9.05. The van der Waals surface area contributed by atoms with Gasteiger partial charge in [0.05, 0.1) is 12.5 Å². The normalized spacial score (nSPS) is 10.9. The van der Waals surface area contributed by atoms with Gasteiger partial charge in [0.25, 0.3) is 5.91 Å². The van der Waals surface area contributed by atoms with Crippen LogP contribution in [0.4, 0.5) is 0 Å². The molecule has 174 valence electrons. The van der Waals surface area contributed by atoms with Crippen molar-refractivity contribution in [1.82, 2.24) is 15.2 Å². The lowest BCUT2D eigenvalue weighted by Gasteiger charge is -2.27. The van der Waals surface area contributed by atoms with Crippen LogP contribution in [0.15, 0.2) is 66.0 Å². The zero-order chi connectivity index (χ0) is 23.5. The van der Waals surface area contributed by atoms with Gasteiger partial charge in [0, 0.05) is 18.5 Å². The number of hydrogen-bond donors (Lipinski definition) is 1. The SMILES string of the molecule is CCCCNC(=O)c1csc(CN(CCCC)C(=O)C(c2ccccc2)c2ccccc2)n1. The Morgan fingerprint density at radius 2 is 1.55 bits per heavy atom. The predicted octanol–water partition coefficient (Wildman–Crippen LogP) is 5.63.